The lowest BCUT2D eigenvalue weighted by atomic mass is 10.00. The summed E-state index contributed by atoms with van der Waals surface area (Å²) < 4.78 is 5.09. The molecular weight excluding hydrogens is 196 g/mol. The van der Waals surface area contributed by atoms with Gasteiger partial charge in [0.2, 0.25) is 5.91 Å². The van der Waals surface area contributed by atoms with Gasteiger partial charge in [0.1, 0.15) is 6.54 Å². The molecule has 1 aliphatic heterocycles. The van der Waals surface area contributed by atoms with Crippen molar-refractivity contribution in [2.75, 3.05) is 33.4 Å². The van der Waals surface area contributed by atoms with Gasteiger partial charge >= 0.3 is 0 Å². The van der Waals surface area contributed by atoms with E-state index >= 15 is 0 Å². The summed E-state index contributed by atoms with van der Waals surface area (Å²) in [6, 6.07) is 0. The maximum absolute atomic E-state index is 11.5. The number of hydrogen-bond donors (Lipinski definition) is 0. The third-order valence-corrected chi connectivity index (χ3v) is 2.77. The predicted octanol–water partition coefficient (Wildman–Crippen LogP) is 1.04. The molecule has 1 rings (SSSR count). The standard InChI is InChI=1S/C9H16N4O2/c1-7-4-13(5-8(7)6-15-2)9(14)3-11-12-10/h7-8H,3-6H2,1-2H3. The van der Waals surface area contributed by atoms with Gasteiger partial charge in [0.05, 0.1) is 6.61 Å². The number of nitrogens with zero attached hydrogens (tertiary/aromatic N) is 4. The Morgan fingerprint density at radius 2 is 2.40 bits per heavy atom. The summed E-state index contributed by atoms with van der Waals surface area (Å²) in [6.45, 7) is 4.13. The normalized spacial score (nSPS) is 25.1. The molecule has 84 valence electrons. The van der Waals surface area contributed by atoms with Crippen LogP contribution in [0.25, 0.3) is 10.4 Å². The zero-order valence-corrected chi connectivity index (χ0v) is 9.09. The molecular formula is C9H16N4O2. The van der Waals surface area contributed by atoms with E-state index in [0.29, 0.717) is 25.0 Å². The van der Waals surface area contributed by atoms with Crippen LogP contribution in [0.3, 0.4) is 0 Å². The van der Waals surface area contributed by atoms with Crippen LogP contribution < -0.4 is 0 Å². The average Bonchev–Trinajstić information content (AvgIpc) is 2.58. The molecule has 0 N–H and O–H groups in total. The lowest BCUT2D eigenvalue weighted by molar-refractivity contribution is -0.128. The number of rotatable bonds is 4. The molecule has 0 aromatic heterocycles. The van der Waals surface area contributed by atoms with Gasteiger partial charge in [0.25, 0.3) is 0 Å². The summed E-state index contributed by atoms with van der Waals surface area (Å²) >= 11 is 0. The first-order chi connectivity index (χ1) is 7.19. The second-order valence-corrected chi connectivity index (χ2v) is 3.88. The van der Waals surface area contributed by atoms with Crippen LogP contribution in [0.5, 0.6) is 0 Å². The Morgan fingerprint density at radius 1 is 1.67 bits per heavy atom. The molecule has 2 unspecified atom stereocenters. The summed E-state index contributed by atoms with van der Waals surface area (Å²) in [5, 5.41) is 3.27. The zero-order chi connectivity index (χ0) is 11.3. The minimum atomic E-state index is -0.0988. The molecule has 0 aromatic carbocycles. The molecule has 0 aromatic rings. The smallest absolute Gasteiger partial charge is 0.228 e. The summed E-state index contributed by atoms with van der Waals surface area (Å²) in [4.78, 5) is 15.8. The number of carbonyl (C=O) groups excluding carboxylic acids is 1. The highest BCUT2D eigenvalue weighted by molar-refractivity contribution is 5.78. The lowest BCUT2D eigenvalue weighted by Gasteiger charge is -2.14. The van der Waals surface area contributed by atoms with E-state index in [2.05, 4.69) is 16.9 Å². The van der Waals surface area contributed by atoms with Gasteiger partial charge in [-0.05, 0) is 11.4 Å². The number of likely N-dealkylation sites (tertiary alicyclic amines) is 1. The number of hydrogen-bond acceptors (Lipinski definition) is 3. The topological polar surface area (TPSA) is 78.3 Å². The average molecular weight is 212 g/mol. The van der Waals surface area contributed by atoms with Crippen molar-refractivity contribution in [3.05, 3.63) is 10.4 Å². The van der Waals surface area contributed by atoms with Gasteiger partial charge < -0.3 is 9.64 Å². The molecule has 1 amide bonds. The van der Waals surface area contributed by atoms with E-state index in [1.165, 1.54) is 0 Å². The first-order valence-electron chi connectivity index (χ1n) is 4.96. The zero-order valence-electron chi connectivity index (χ0n) is 9.09. The van der Waals surface area contributed by atoms with Crippen molar-refractivity contribution in [2.45, 2.75) is 6.92 Å². The highest BCUT2D eigenvalue weighted by Crippen LogP contribution is 2.22. The molecule has 1 aliphatic rings. The Bertz CT molecular complexity index is 275. The predicted molar refractivity (Wildman–Crippen MR) is 55.1 cm³/mol. The number of ether oxygens (including phenoxy) is 1. The van der Waals surface area contributed by atoms with Crippen molar-refractivity contribution in [1.29, 1.82) is 0 Å². The molecule has 6 heteroatoms. The van der Waals surface area contributed by atoms with Crippen LogP contribution in [0.1, 0.15) is 6.92 Å². The monoisotopic (exact) mass is 212 g/mol. The fraction of sp³-hybridized carbons (Fsp3) is 0.889. The van der Waals surface area contributed by atoms with Crippen LogP contribution in [0.4, 0.5) is 0 Å². The van der Waals surface area contributed by atoms with E-state index in [9.17, 15) is 4.79 Å². The van der Waals surface area contributed by atoms with Gasteiger partial charge in [-0.1, -0.05) is 12.0 Å². The molecule has 1 heterocycles. The molecule has 1 fully saturated rings. The van der Waals surface area contributed by atoms with Crippen LogP contribution in [0, 0.1) is 11.8 Å². The number of carbonyl (C=O) groups is 1. The summed E-state index contributed by atoms with van der Waals surface area (Å²) in [5.41, 5.74) is 8.11. The largest absolute Gasteiger partial charge is 0.384 e. The summed E-state index contributed by atoms with van der Waals surface area (Å²) in [6.07, 6.45) is 0. The minimum absolute atomic E-state index is 0.0804. The number of amides is 1. The second kappa shape index (κ2) is 5.58. The van der Waals surface area contributed by atoms with Gasteiger partial charge in [0, 0.05) is 31.0 Å². The van der Waals surface area contributed by atoms with Crippen molar-refractivity contribution in [3.63, 3.8) is 0 Å². The molecule has 0 bridgehead atoms. The molecule has 2 atom stereocenters. The molecule has 0 saturated carbocycles. The maximum Gasteiger partial charge on any atom is 0.228 e. The van der Waals surface area contributed by atoms with E-state index in [4.69, 9.17) is 10.3 Å². The highest BCUT2D eigenvalue weighted by atomic mass is 16.5. The van der Waals surface area contributed by atoms with E-state index in [-0.39, 0.29) is 12.5 Å². The highest BCUT2D eigenvalue weighted by Gasteiger charge is 2.31. The molecule has 0 aliphatic carbocycles. The van der Waals surface area contributed by atoms with E-state index in [1.54, 1.807) is 12.0 Å². The van der Waals surface area contributed by atoms with E-state index in [0.717, 1.165) is 6.54 Å². The Kier molecular flexibility index (Phi) is 4.39. The first-order valence-corrected chi connectivity index (χ1v) is 4.96. The van der Waals surface area contributed by atoms with Crippen LogP contribution >= 0.6 is 0 Å². The molecule has 15 heavy (non-hydrogen) atoms. The summed E-state index contributed by atoms with van der Waals surface area (Å²) in [7, 11) is 1.66. The third kappa shape index (κ3) is 3.11. The van der Waals surface area contributed by atoms with Gasteiger partial charge in [-0.3, -0.25) is 4.79 Å². The second-order valence-electron chi connectivity index (χ2n) is 3.88. The fourth-order valence-electron chi connectivity index (χ4n) is 1.86. The molecule has 0 radical (unpaired) electrons. The maximum atomic E-state index is 11.5. The molecule has 0 spiro atoms. The van der Waals surface area contributed by atoms with Crippen LogP contribution in [0.15, 0.2) is 5.11 Å². The quantitative estimate of drug-likeness (QED) is 0.396. The Morgan fingerprint density at radius 3 is 3.00 bits per heavy atom. The molecule has 1 saturated heterocycles. The number of methoxy groups -OCH3 is 1. The Hall–Kier alpha value is -1.26. The summed E-state index contributed by atoms with van der Waals surface area (Å²) in [5.74, 6) is 0.739. The van der Waals surface area contributed by atoms with Gasteiger partial charge in [0.15, 0.2) is 0 Å². The first kappa shape index (κ1) is 11.8. The Balaban J connectivity index is 2.46. The van der Waals surface area contributed by atoms with Crippen molar-refractivity contribution in [2.24, 2.45) is 17.0 Å². The third-order valence-electron chi connectivity index (χ3n) is 2.77. The van der Waals surface area contributed by atoms with Gasteiger partial charge in [-0.15, -0.1) is 0 Å². The van der Waals surface area contributed by atoms with Gasteiger partial charge in [-0.25, -0.2) is 0 Å². The van der Waals surface area contributed by atoms with Crippen molar-refractivity contribution in [3.8, 4) is 0 Å². The van der Waals surface area contributed by atoms with Crippen LogP contribution in [-0.4, -0.2) is 44.2 Å². The number of azide groups is 1. The lowest BCUT2D eigenvalue weighted by Crippen LogP contribution is -2.31. The Labute approximate surface area is 88.8 Å². The van der Waals surface area contributed by atoms with E-state index in [1.807, 2.05) is 0 Å². The van der Waals surface area contributed by atoms with E-state index < -0.39 is 0 Å². The minimum Gasteiger partial charge on any atom is -0.384 e. The molecule has 6 nitrogen and oxygen atoms in total. The SMILES string of the molecule is COCC1CN(C(=O)CN=[N+]=[N-])CC1C. The van der Waals surface area contributed by atoms with Crippen LogP contribution in [-0.2, 0) is 9.53 Å². The van der Waals surface area contributed by atoms with Gasteiger partial charge in [-0.2, -0.15) is 0 Å². The van der Waals surface area contributed by atoms with Crippen molar-refractivity contribution < 1.29 is 9.53 Å². The van der Waals surface area contributed by atoms with Crippen LogP contribution in [0.2, 0.25) is 0 Å². The fourth-order valence-corrected chi connectivity index (χ4v) is 1.86. The van der Waals surface area contributed by atoms with Crippen molar-refractivity contribution in [1.82, 2.24) is 4.90 Å². The van der Waals surface area contributed by atoms with Crippen molar-refractivity contribution >= 4 is 5.91 Å².